The van der Waals surface area contributed by atoms with Crippen LogP contribution in [-0.4, -0.2) is 40.1 Å². The lowest BCUT2D eigenvalue weighted by atomic mass is 10.1. The van der Waals surface area contributed by atoms with Crippen LogP contribution in [0.25, 0.3) is 0 Å². The van der Waals surface area contributed by atoms with Gasteiger partial charge in [0, 0.05) is 0 Å². The first-order valence-corrected chi connectivity index (χ1v) is 12.5. The molecule has 178 valence electrons. The minimum absolute atomic E-state index is 0.128. The molecule has 1 heterocycles. The molecular formula is C26H28N2O5S. The first-order chi connectivity index (χ1) is 16.3. The van der Waals surface area contributed by atoms with Gasteiger partial charge < -0.3 is 14.8 Å². The zero-order valence-electron chi connectivity index (χ0n) is 19.4. The summed E-state index contributed by atoms with van der Waals surface area (Å²) in [5.74, 6) is 0.732. The largest absolute Gasteiger partial charge is 0.491 e. The average molecular weight is 481 g/mol. The molecule has 1 amide bonds. The van der Waals surface area contributed by atoms with Gasteiger partial charge >= 0.3 is 0 Å². The van der Waals surface area contributed by atoms with Crippen LogP contribution in [0.5, 0.6) is 11.5 Å². The maximum absolute atomic E-state index is 13.4. The molecule has 0 spiro atoms. The number of hydrogen-bond acceptors (Lipinski definition) is 5. The third kappa shape index (κ3) is 4.87. The predicted octanol–water partition coefficient (Wildman–Crippen LogP) is 3.76. The van der Waals surface area contributed by atoms with Crippen LogP contribution < -0.4 is 19.1 Å². The summed E-state index contributed by atoms with van der Waals surface area (Å²) in [5, 5.41) is 2.80. The number of anilines is 1. The Balaban J connectivity index is 1.48. The summed E-state index contributed by atoms with van der Waals surface area (Å²) < 4.78 is 39.8. The predicted molar refractivity (Wildman–Crippen MR) is 131 cm³/mol. The van der Waals surface area contributed by atoms with Gasteiger partial charge in [-0.15, -0.1) is 0 Å². The molecule has 1 aliphatic heterocycles. The fraction of sp³-hybridized carbons (Fsp3) is 0.269. The molecule has 3 aromatic rings. The van der Waals surface area contributed by atoms with Crippen LogP contribution in [0.3, 0.4) is 0 Å². The summed E-state index contributed by atoms with van der Waals surface area (Å²) in [6.45, 7) is 6.30. The van der Waals surface area contributed by atoms with Crippen molar-refractivity contribution in [2.24, 2.45) is 0 Å². The summed E-state index contributed by atoms with van der Waals surface area (Å²) in [7, 11) is -3.88. The summed E-state index contributed by atoms with van der Waals surface area (Å²) in [6, 6.07) is 19.3. The number of fused-ring (bicyclic) bond motifs is 1. The van der Waals surface area contributed by atoms with Gasteiger partial charge in [-0.3, -0.25) is 9.10 Å². The van der Waals surface area contributed by atoms with Crippen molar-refractivity contribution in [3.63, 3.8) is 0 Å². The van der Waals surface area contributed by atoms with E-state index in [1.54, 1.807) is 42.5 Å². The van der Waals surface area contributed by atoms with Crippen LogP contribution in [0.2, 0.25) is 0 Å². The summed E-state index contributed by atoms with van der Waals surface area (Å²) >= 11 is 0. The van der Waals surface area contributed by atoms with Gasteiger partial charge in [0.25, 0.3) is 15.9 Å². The fourth-order valence-corrected chi connectivity index (χ4v) is 5.27. The molecule has 34 heavy (non-hydrogen) atoms. The Labute approximate surface area is 200 Å². The van der Waals surface area contributed by atoms with Crippen molar-refractivity contribution in [1.82, 2.24) is 5.32 Å². The minimum atomic E-state index is -3.88. The lowest BCUT2D eigenvalue weighted by Gasteiger charge is -2.35. The second-order valence-electron chi connectivity index (χ2n) is 8.26. The maximum Gasteiger partial charge on any atom is 0.264 e. The molecular weight excluding hydrogens is 452 g/mol. The monoisotopic (exact) mass is 480 g/mol. The Bertz CT molecular complexity index is 1290. The Hall–Kier alpha value is -3.52. The van der Waals surface area contributed by atoms with Gasteiger partial charge in [-0.25, -0.2) is 8.42 Å². The molecule has 3 aromatic carbocycles. The van der Waals surface area contributed by atoms with Gasteiger partial charge in [0.05, 0.1) is 23.7 Å². The van der Waals surface area contributed by atoms with Gasteiger partial charge in [0.2, 0.25) is 0 Å². The molecule has 7 nitrogen and oxygen atoms in total. The van der Waals surface area contributed by atoms with Crippen LogP contribution in [0.1, 0.15) is 16.7 Å². The van der Waals surface area contributed by atoms with Gasteiger partial charge in [0.15, 0.2) is 6.10 Å². The van der Waals surface area contributed by atoms with Gasteiger partial charge in [-0.2, -0.15) is 0 Å². The van der Waals surface area contributed by atoms with Gasteiger partial charge in [0.1, 0.15) is 18.1 Å². The van der Waals surface area contributed by atoms with E-state index in [4.69, 9.17) is 9.47 Å². The molecule has 0 fully saturated rings. The van der Waals surface area contributed by atoms with Crippen LogP contribution in [-0.2, 0) is 14.8 Å². The Morgan fingerprint density at radius 1 is 1.06 bits per heavy atom. The number of hydrogen-bond donors (Lipinski definition) is 1. The van der Waals surface area contributed by atoms with Gasteiger partial charge in [-0.05, 0) is 67.8 Å². The van der Waals surface area contributed by atoms with E-state index in [9.17, 15) is 13.2 Å². The van der Waals surface area contributed by atoms with Crippen molar-refractivity contribution in [3.05, 3.63) is 83.4 Å². The number of carbonyl (C=O) groups excluding carboxylic acids is 1. The molecule has 4 rings (SSSR count). The molecule has 0 unspecified atom stereocenters. The number of ether oxygens (including phenoxy) is 2. The average Bonchev–Trinajstić information content (AvgIpc) is 2.83. The Morgan fingerprint density at radius 3 is 2.59 bits per heavy atom. The second-order valence-corrected chi connectivity index (χ2v) is 10.1. The second kappa shape index (κ2) is 9.77. The fourth-order valence-electron chi connectivity index (χ4n) is 3.77. The van der Waals surface area contributed by atoms with Crippen molar-refractivity contribution in [1.29, 1.82) is 0 Å². The Morgan fingerprint density at radius 2 is 1.82 bits per heavy atom. The van der Waals surface area contributed by atoms with Crippen molar-refractivity contribution >= 4 is 21.6 Å². The minimum Gasteiger partial charge on any atom is -0.491 e. The highest BCUT2D eigenvalue weighted by atomic mass is 32.2. The third-order valence-electron chi connectivity index (χ3n) is 5.82. The van der Waals surface area contributed by atoms with E-state index in [0.29, 0.717) is 11.4 Å². The standard InChI is InChI=1S/C26H28N2O5S/c1-18-12-13-22-24(16-18)33-25(17-28(22)34(30,31)21-9-5-4-6-10-21)26(29)27-14-15-32-23-11-7-8-19(2)20(23)3/h4-13,16,25H,14-15,17H2,1-3H3,(H,27,29)/t25-/m0/s1. The molecule has 0 saturated heterocycles. The van der Waals surface area contributed by atoms with E-state index >= 15 is 0 Å². The molecule has 0 aromatic heterocycles. The lowest BCUT2D eigenvalue weighted by molar-refractivity contribution is -0.127. The highest BCUT2D eigenvalue weighted by molar-refractivity contribution is 7.92. The number of rotatable bonds is 7. The smallest absolute Gasteiger partial charge is 0.264 e. The number of benzene rings is 3. The number of amides is 1. The molecule has 0 radical (unpaired) electrons. The van der Waals surface area contributed by atoms with Crippen LogP contribution in [0, 0.1) is 20.8 Å². The van der Waals surface area contributed by atoms with E-state index in [0.717, 1.165) is 22.4 Å². The maximum atomic E-state index is 13.4. The molecule has 1 atom stereocenters. The van der Waals surface area contributed by atoms with Crippen LogP contribution in [0.4, 0.5) is 5.69 Å². The zero-order valence-corrected chi connectivity index (χ0v) is 20.3. The van der Waals surface area contributed by atoms with E-state index in [1.807, 2.05) is 45.0 Å². The van der Waals surface area contributed by atoms with Crippen molar-refractivity contribution < 1.29 is 22.7 Å². The quantitative estimate of drug-likeness (QED) is 0.521. The SMILES string of the molecule is Cc1ccc2c(c1)O[C@H](C(=O)NCCOc1cccc(C)c1C)CN2S(=O)(=O)c1ccccc1. The summed E-state index contributed by atoms with van der Waals surface area (Å²) in [4.78, 5) is 13.1. The van der Waals surface area contributed by atoms with Crippen LogP contribution >= 0.6 is 0 Å². The van der Waals surface area contributed by atoms with Crippen LogP contribution in [0.15, 0.2) is 71.6 Å². The first-order valence-electron chi connectivity index (χ1n) is 11.1. The number of sulfonamides is 1. The summed E-state index contributed by atoms with van der Waals surface area (Å²) in [6.07, 6.45) is -0.992. The normalized spacial score (nSPS) is 15.3. The Kier molecular flexibility index (Phi) is 6.79. The molecule has 8 heteroatoms. The van der Waals surface area contributed by atoms with E-state index in [2.05, 4.69) is 5.32 Å². The van der Waals surface area contributed by atoms with E-state index in [-0.39, 0.29) is 24.6 Å². The highest BCUT2D eigenvalue weighted by Gasteiger charge is 2.37. The first kappa shape index (κ1) is 23.6. The lowest BCUT2D eigenvalue weighted by Crippen LogP contribution is -2.51. The van der Waals surface area contributed by atoms with E-state index < -0.39 is 22.0 Å². The number of nitrogens with zero attached hydrogens (tertiary/aromatic N) is 1. The molecule has 1 aliphatic rings. The van der Waals surface area contributed by atoms with Gasteiger partial charge in [-0.1, -0.05) is 36.4 Å². The molecule has 0 aliphatic carbocycles. The number of carbonyl (C=O) groups is 1. The van der Waals surface area contributed by atoms with Crippen molar-refractivity contribution in [3.8, 4) is 11.5 Å². The summed E-state index contributed by atoms with van der Waals surface area (Å²) in [5.41, 5.74) is 3.50. The van der Waals surface area contributed by atoms with E-state index in [1.165, 1.54) is 4.31 Å². The van der Waals surface area contributed by atoms with Crippen molar-refractivity contribution in [2.75, 3.05) is 24.0 Å². The molecule has 1 N–H and O–H groups in total. The zero-order chi connectivity index (χ0) is 24.3. The number of nitrogens with one attached hydrogen (secondary N) is 1. The van der Waals surface area contributed by atoms with Crippen molar-refractivity contribution in [2.45, 2.75) is 31.8 Å². The molecule has 0 bridgehead atoms. The highest BCUT2D eigenvalue weighted by Crippen LogP contribution is 2.37. The third-order valence-corrected chi connectivity index (χ3v) is 7.62. The molecule has 0 saturated carbocycles. The topological polar surface area (TPSA) is 84.9 Å². The number of aryl methyl sites for hydroxylation is 2.